The van der Waals surface area contributed by atoms with Crippen molar-refractivity contribution in [1.82, 2.24) is 5.43 Å². The lowest BCUT2D eigenvalue weighted by Crippen LogP contribution is -2.28. The Labute approximate surface area is 141 Å². The largest absolute Gasteiger partial charge is 0.271 e. The zero-order valence-corrected chi connectivity index (χ0v) is 15.5. The summed E-state index contributed by atoms with van der Waals surface area (Å²) >= 11 is 8.79. The highest BCUT2D eigenvalue weighted by atomic mass is 79.9. The Morgan fingerprint density at radius 2 is 2.00 bits per heavy atom. The third-order valence-corrected chi connectivity index (χ3v) is 5.47. The fourth-order valence-electron chi connectivity index (χ4n) is 2.29. The Balaban J connectivity index is 2.34. The van der Waals surface area contributed by atoms with E-state index in [4.69, 9.17) is 5.84 Å². The molecule has 0 aliphatic heterocycles. The standard InChI is InChI=1S/C15H18Br2N2S/c1-9(2)6-10-4-3-5-11(7-10)14(19-18)12-8-13(16)20-15(12)17/h3-5,7-9,14,19H,6,18H2,1-2H3. The zero-order valence-electron chi connectivity index (χ0n) is 11.5. The molecule has 0 spiro atoms. The number of nitrogens with one attached hydrogen (secondary N) is 1. The molecule has 20 heavy (non-hydrogen) atoms. The van der Waals surface area contributed by atoms with Crippen molar-refractivity contribution in [2.75, 3.05) is 0 Å². The third kappa shape index (κ3) is 3.92. The normalized spacial score (nSPS) is 12.9. The van der Waals surface area contributed by atoms with Gasteiger partial charge in [-0.25, -0.2) is 5.43 Å². The number of hydrogen-bond donors (Lipinski definition) is 2. The molecule has 1 aromatic carbocycles. The van der Waals surface area contributed by atoms with Crippen molar-refractivity contribution in [3.63, 3.8) is 0 Å². The van der Waals surface area contributed by atoms with Crippen LogP contribution in [0.2, 0.25) is 0 Å². The van der Waals surface area contributed by atoms with E-state index in [0.717, 1.165) is 19.6 Å². The summed E-state index contributed by atoms with van der Waals surface area (Å²) in [5.74, 6) is 6.43. The maximum absolute atomic E-state index is 5.78. The van der Waals surface area contributed by atoms with E-state index < -0.39 is 0 Å². The Morgan fingerprint density at radius 1 is 1.25 bits per heavy atom. The number of benzene rings is 1. The zero-order chi connectivity index (χ0) is 14.7. The second kappa shape index (κ2) is 7.18. The lowest BCUT2D eigenvalue weighted by Gasteiger charge is -2.17. The third-order valence-electron chi connectivity index (χ3n) is 3.09. The van der Waals surface area contributed by atoms with E-state index in [1.54, 1.807) is 11.3 Å². The number of halogens is 2. The van der Waals surface area contributed by atoms with E-state index >= 15 is 0 Å². The first-order chi connectivity index (χ1) is 9.51. The summed E-state index contributed by atoms with van der Waals surface area (Å²) in [4.78, 5) is 0. The molecule has 2 aromatic rings. The van der Waals surface area contributed by atoms with Gasteiger partial charge in [0, 0.05) is 5.56 Å². The van der Waals surface area contributed by atoms with Crippen molar-refractivity contribution in [2.45, 2.75) is 26.3 Å². The van der Waals surface area contributed by atoms with E-state index in [2.05, 4.69) is 81.5 Å². The van der Waals surface area contributed by atoms with Gasteiger partial charge in [0.25, 0.3) is 0 Å². The van der Waals surface area contributed by atoms with Crippen LogP contribution in [0.3, 0.4) is 0 Å². The van der Waals surface area contributed by atoms with Crippen LogP contribution in [0.15, 0.2) is 37.9 Å². The van der Waals surface area contributed by atoms with Gasteiger partial charge in [0.2, 0.25) is 0 Å². The molecule has 0 fully saturated rings. The van der Waals surface area contributed by atoms with Crippen molar-refractivity contribution in [3.8, 4) is 0 Å². The van der Waals surface area contributed by atoms with Gasteiger partial charge >= 0.3 is 0 Å². The van der Waals surface area contributed by atoms with E-state index in [-0.39, 0.29) is 6.04 Å². The van der Waals surface area contributed by atoms with Gasteiger partial charge in [-0.2, -0.15) is 0 Å². The first kappa shape index (κ1) is 16.2. The number of thiophene rings is 1. The highest BCUT2D eigenvalue weighted by Crippen LogP contribution is 2.37. The molecule has 1 heterocycles. The Hall–Kier alpha value is -0.200. The van der Waals surface area contributed by atoms with Crippen LogP contribution in [0, 0.1) is 5.92 Å². The summed E-state index contributed by atoms with van der Waals surface area (Å²) in [5.41, 5.74) is 6.63. The fraction of sp³-hybridized carbons (Fsp3) is 0.333. The highest BCUT2D eigenvalue weighted by molar-refractivity contribution is 9.12. The molecule has 0 aliphatic carbocycles. The summed E-state index contributed by atoms with van der Waals surface area (Å²) < 4.78 is 2.19. The van der Waals surface area contributed by atoms with Crippen LogP contribution in [-0.2, 0) is 6.42 Å². The van der Waals surface area contributed by atoms with Crippen molar-refractivity contribution >= 4 is 43.2 Å². The minimum atomic E-state index is -0.000891. The van der Waals surface area contributed by atoms with Gasteiger partial charge in [-0.15, -0.1) is 11.3 Å². The van der Waals surface area contributed by atoms with Gasteiger partial charge < -0.3 is 0 Å². The van der Waals surface area contributed by atoms with Gasteiger partial charge in [0.15, 0.2) is 0 Å². The number of nitrogens with two attached hydrogens (primary N) is 1. The van der Waals surface area contributed by atoms with Crippen LogP contribution >= 0.6 is 43.2 Å². The molecular formula is C15H18Br2N2S. The van der Waals surface area contributed by atoms with Crippen LogP contribution in [0.1, 0.15) is 36.6 Å². The quantitative estimate of drug-likeness (QED) is 0.529. The maximum Gasteiger partial charge on any atom is 0.0762 e. The molecule has 0 amide bonds. The van der Waals surface area contributed by atoms with E-state index in [1.165, 1.54) is 11.1 Å². The van der Waals surface area contributed by atoms with Crippen LogP contribution in [0.5, 0.6) is 0 Å². The van der Waals surface area contributed by atoms with E-state index in [1.807, 2.05) is 0 Å². The smallest absolute Gasteiger partial charge is 0.0762 e. The first-order valence-corrected chi connectivity index (χ1v) is 8.91. The summed E-state index contributed by atoms with van der Waals surface area (Å²) in [7, 11) is 0. The molecule has 3 N–H and O–H groups in total. The minimum absolute atomic E-state index is 0.000891. The van der Waals surface area contributed by atoms with E-state index in [0.29, 0.717) is 5.92 Å². The summed E-state index contributed by atoms with van der Waals surface area (Å²) in [5, 5.41) is 0. The second-order valence-electron chi connectivity index (χ2n) is 5.22. The van der Waals surface area contributed by atoms with Crippen LogP contribution in [0.25, 0.3) is 0 Å². The summed E-state index contributed by atoms with van der Waals surface area (Å²) in [6.07, 6.45) is 1.08. The Kier molecular flexibility index (Phi) is 5.81. The average Bonchev–Trinajstić information content (AvgIpc) is 2.69. The van der Waals surface area contributed by atoms with Crippen LogP contribution in [-0.4, -0.2) is 0 Å². The molecule has 0 aliphatic rings. The Bertz CT molecular complexity index is 581. The predicted molar refractivity (Wildman–Crippen MR) is 93.9 cm³/mol. The molecule has 1 aromatic heterocycles. The van der Waals surface area contributed by atoms with Crippen molar-refractivity contribution in [2.24, 2.45) is 11.8 Å². The summed E-state index contributed by atoms with van der Waals surface area (Å²) in [6, 6.07) is 10.7. The minimum Gasteiger partial charge on any atom is -0.271 e. The molecule has 0 saturated carbocycles. The molecule has 0 bridgehead atoms. The van der Waals surface area contributed by atoms with Gasteiger partial charge in [0.05, 0.1) is 13.6 Å². The van der Waals surface area contributed by atoms with Crippen molar-refractivity contribution in [3.05, 3.63) is 54.6 Å². The van der Waals surface area contributed by atoms with Gasteiger partial charge in [-0.1, -0.05) is 38.1 Å². The SMILES string of the molecule is CC(C)Cc1cccc(C(NN)c2cc(Br)sc2Br)c1. The van der Waals surface area contributed by atoms with Gasteiger partial charge in [-0.3, -0.25) is 5.84 Å². The number of rotatable bonds is 5. The second-order valence-corrected chi connectivity index (χ2v) is 8.97. The number of hydrogen-bond acceptors (Lipinski definition) is 3. The Morgan fingerprint density at radius 3 is 2.55 bits per heavy atom. The molecule has 0 saturated heterocycles. The average molecular weight is 418 g/mol. The molecule has 1 atom stereocenters. The lowest BCUT2D eigenvalue weighted by atomic mass is 9.96. The summed E-state index contributed by atoms with van der Waals surface area (Å²) in [6.45, 7) is 4.47. The van der Waals surface area contributed by atoms with Gasteiger partial charge in [-0.05, 0) is 61.4 Å². The monoisotopic (exact) mass is 416 g/mol. The van der Waals surface area contributed by atoms with Gasteiger partial charge in [0.1, 0.15) is 0 Å². The fourth-order valence-corrected chi connectivity index (χ4v) is 5.19. The molecule has 1 unspecified atom stereocenters. The topological polar surface area (TPSA) is 38.0 Å². The highest BCUT2D eigenvalue weighted by Gasteiger charge is 2.18. The molecular weight excluding hydrogens is 400 g/mol. The molecule has 2 rings (SSSR count). The molecule has 0 radical (unpaired) electrons. The molecule has 5 heteroatoms. The van der Waals surface area contributed by atoms with Crippen molar-refractivity contribution < 1.29 is 0 Å². The van der Waals surface area contributed by atoms with E-state index in [9.17, 15) is 0 Å². The lowest BCUT2D eigenvalue weighted by molar-refractivity contribution is 0.627. The molecule has 2 nitrogen and oxygen atoms in total. The van der Waals surface area contributed by atoms with Crippen LogP contribution < -0.4 is 11.3 Å². The predicted octanol–water partition coefficient (Wildman–Crippen LogP) is 5.02. The molecule has 108 valence electrons. The first-order valence-electron chi connectivity index (χ1n) is 6.51. The van der Waals surface area contributed by atoms with Crippen LogP contribution in [0.4, 0.5) is 0 Å². The number of hydrazine groups is 1. The maximum atomic E-state index is 5.78. The van der Waals surface area contributed by atoms with Crippen molar-refractivity contribution in [1.29, 1.82) is 0 Å².